The fraction of sp³-hybridized carbons (Fsp3) is 0.158. The van der Waals surface area contributed by atoms with Crippen molar-refractivity contribution in [2.24, 2.45) is 0 Å². The van der Waals surface area contributed by atoms with Crippen molar-refractivity contribution >= 4 is 17.4 Å². The molecule has 142 valence electrons. The summed E-state index contributed by atoms with van der Waals surface area (Å²) >= 11 is 0. The van der Waals surface area contributed by atoms with Crippen molar-refractivity contribution in [2.75, 3.05) is 5.32 Å². The maximum Gasteiger partial charge on any atom is 0.454 e. The number of para-hydroxylation sites is 1. The third kappa shape index (κ3) is 6.25. The van der Waals surface area contributed by atoms with Crippen molar-refractivity contribution < 1.29 is 27.2 Å². The van der Waals surface area contributed by atoms with Crippen molar-refractivity contribution in [1.29, 1.82) is 0 Å². The van der Waals surface area contributed by atoms with E-state index in [0.717, 1.165) is 17.8 Å². The van der Waals surface area contributed by atoms with Gasteiger partial charge in [-0.25, -0.2) is 4.39 Å². The highest BCUT2D eigenvalue weighted by atomic mass is 19.4. The molecule has 8 heteroatoms. The molecule has 0 aromatic heterocycles. The molecule has 0 spiro atoms. The van der Waals surface area contributed by atoms with Crippen LogP contribution in [0.3, 0.4) is 0 Å². The molecular formula is C19H16F4N2O2. The molecule has 0 aliphatic carbocycles. The van der Waals surface area contributed by atoms with Crippen LogP contribution in [0, 0.1) is 5.82 Å². The number of alkyl halides is 3. The maximum atomic E-state index is 13.7. The van der Waals surface area contributed by atoms with Crippen LogP contribution in [-0.4, -0.2) is 23.9 Å². The molecule has 0 saturated heterocycles. The second kappa shape index (κ2) is 8.98. The van der Waals surface area contributed by atoms with Gasteiger partial charge in [0.25, 0.3) is 5.78 Å². The van der Waals surface area contributed by atoms with Crippen molar-refractivity contribution in [1.82, 2.24) is 5.32 Å². The summed E-state index contributed by atoms with van der Waals surface area (Å²) in [6.07, 6.45) is -3.81. The number of nitrogens with one attached hydrogen (secondary N) is 2. The Bertz CT molecular complexity index is 820. The molecule has 0 fully saturated rings. The van der Waals surface area contributed by atoms with Crippen LogP contribution in [0.2, 0.25) is 0 Å². The summed E-state index contributed by atoms with van der Waals surface area (Å²) in [5, 5.41) is 4.86. The quantitative estimate of drug-likeness (QED) is 0.570. The van der Waals surface area contributed by atoms with E-state index in [1.807, 2.05) is 0 Å². The highest BCUT2D eigenvalue weighted by Gasteiger charge is 2.36. The Balaban J connectivity index is 2.13. The molecule has 2 aromatic rings. The van der Waals surface area contributed by atoms with E-state index in [-0.39, 0.29) is 12.1 Å². The average Bonchev–Trinajstić information content (AvgIpc) is 2.62. The molecule has 27 heavy (non-hydrogen) atoms. The number of allylic oxidation sites excluding steroid dienone is 1. The van der Waals surface area contributed by atoms with Crippen molar-refractivity contribution in [3.05, 3.63) is 78.3 Å². The van der Waals surface area contributed by atoms with Gasteiger partial charge in [-0.3, -0.25) is 9.59 Å². The summed E-state index contributed by atoms with van der Waals surface area (Å²) in [4.78, 5) is 23.4. The Hall–Kier alpha value is -3.16. The fourth-order valence-corrected chi connectivity index (χ4v) is 2.19. The zero-order valence-electron chi connectivity index (χ0n) is 14.0. The molecule has 2 rings (SSSR count). The summed E-state index contributed by atoms with van der Waals surface area (Å²) in [5.74, 6) is -3.36. The Morgan fingerprint density at radius 2 is 1.63 bits per heavy atom. The zero-order valence-corrected chi connectivity index (χ0v) is 14.0. The lowest BCUT2D eigenvalue weighted by Crippen LogP contribution is -2.40. The van der Waals surface area contributed by atoms with Gasteiger partial charge in [0.05, 0.1) is 5.69 Å². The van der Waals surface area contributed by atoms with Gasteiger partial charge in [0, 0.05) is 18.7 Å². The molecule has 1 unspecified atom stereocenters. The van der Waals surface area contributed by atoms with Crippen LogP contribution in [0.1, 0.15) is 5.56 Å². The second-order valence-corrected chi connectivity index (χ2v) is 5.57. The molecule has 0 aliphatic heterocycles. The molecule has 1 atom stereocenters. The molecular weight excluding hydrogens is 364 g/mol. The molecule has 0 aliphatic rings. The Labute approximate surface area is 152 Å². The average molecular weight is 380 g/mol. The van der Waals surface area contributed by atoms with Crippen molar-refractivity contribution in [3.8, 4) is 0 Å². The predicted octanol–water partition coefficient (Wildman–Crippen LogP) is 3.61. The lowest BCUT2D eigenvalue weighted by molar-refractivity contribution is -0.165. The predicted molar refractivity (Wildman–Crippen MR) is 92.3 cm³/mol. The van der Waals surface area contributed by atoms with Gasteiger partial charge in [-0.1, -0.05) is 42.5 Å². The molecule has 1 amide bonds. The van der Waals surface area contributed by atoms with Gasteiger partial charge < -0.3 is 10.6 Å². The largest absolute Gasteiger partial charge is 0.454 e. The number of rotatable bonds is 7. The molecule has 0 heterocycles. The highest BCUT2D eigenvalue weighted by Crippen LogP contribution is 2.16. The summed E-state index contributed by atoms with van der Waals surface area (Å²) in [6, 6.07) is 13.2. The van der Waals surface area contributed by atoms with E-state index >= 15 is 0 Å². The van der Waals surface area contributed by atoms with E-state index < -0.39 is 29.7 Å². The standard InChI is InChI=1S/C19H16F4N2O2/c20-14-8-4-5-9-15(14)25-18(27)16(12-13-6-2-1-3-7-13)24-11-10-17(26)19(21,22)23/h1-11,16,24H,12H2,(H,25,27). The monoisotopic (exact) mass is 380 g/mol. The number of halogens is 4. The summed E-state index contributed by atoms with van der Waals surface area (Å²) < 4.78 is 50.5. The highest BCUT2D eigenvalue weighted by molar-refractivity contribution is 5.96. The van der Waals surface area contributed by atoms with Crippen LogP contribution in [0.15, 0.2) is 66.9 Å². The minimum Gasteiger partial charge on any atom is -0.379 e. The number of carbonyl (C=O) groups is 2. The van der Waals surface area contributed by atoms with E-state index in [4.69, 9.17) is 0 Å². The summed E-state index contributed by atoms with van der Waals surface area (Å²) in [6.45, 7) is 0. The number of hydrogen-bond acceptors (Lipinski definition) is 3. The molecule has 0 bridgehead atoms. The fourth-order valence-electron chi connectivity index (χ4n) is 2.19. The number of ketones is 1. The first-order chi connectivity index (χ1) is 12.8. The summed E-state index contributed by atoms with van der Waals surface area (Å²) in [5.41, 5.74) is 0.673. The van der Waals surface area contributed by atoms with Crippen LogP contribution in [0.4, 0.5) is 23.2 Å². The number of hydrogen-bond donors (Lipinski definition) is 2. The van der Waals surface area contributed by atoms with Gasteiger partial charge in [0.2, 0.25) is 5.91 Å². The van der Waals surface area contributed by atoms with Crippen LogP contribution < -0.4 is 10.6 Å². The Morgan fingerprint density at radius 1 is 1.00 bits per heavy atom. The minimum atomic E-state index is -5.00. The van der Waals surface area contributed by atoms with E-state index in [0.29, 0.717) is 6.08 Å². The molecule has 0 radical (unpaired) electrons. The number of carbonyl (C=O) groups excluding carboxylic acids is 2. The molecule has 0 saturated carbocycles. The Kier molecular flexibility index (Phi) is 6.70. The van der Waals surface area contributed by atoms with Crippen molar-refractivity contribution in [2.45, 2.75) is 18.6 Å². The number of amides is 1. The van der Waals surface area contributed by atoms with Crippen LogP contribution in [0.5, 0.6) is 0 Å². The number of anilines is 1. The third-order valence-electron chi connectivity index (χ3n) is 3.54. The summed E-state index contributed by atoms with van der Waals surface area (Å²) in [7, 11) is 0. The molecule has 2 N–H and O–H groups in total. The van der Waals surface area contributed by atoms with Gasteiger partial charge >= 0.3 is 6.18 Å². The SMILES string of the molecule is O=C(Nc1ccccc1F)C(Cc1ccccc1)NC=CC(=O)C(F)(F)F. The first kappa shape index (κ1) is 20.2. The first-order valence-electron chi connectivity index (χ1n) is 7.90. The van der Waals surface area contributed by atoms with Crippen molar-refractivity contribution in [3.63, 3.8) is 0 Å². The van der Waals surface area contributed by atoms with E-state index in [1.165, 1.54) is 18.2 Å². The molecule has 4 nitrogen and oxygen atoms in total. The lowest BCUT2D eigenvalue weighted by Gasteiger charge is -2.18. The number of benzene rings is 2. The normalized spacial score (nSPS) is 12.6. The molecule has 2 aromatic carbocycles. The van der Waals surface area contributed by atoms with Gasteiger partial charge in [-0.2, -0.15) is 13.2 Å². The van der Waals surface area contributed by atoms with Gasteiger partial charge in [0.1, 0.15) is 11.9 Å². The van der Waals surface area contributed by atoms with Gasteiger partial charge in [0.15, 0.2) is 0 Å². The topological polar surface area (TPSA) is 58.2 Å². The van der Waals surface area contributed by atoms with E-state index in [1.54, 1.807) is 30.3 Å². The lowest BCUT2D eigenvalue weighted by atomic mass is 10.1. The van der Waals surface area contributed by atoms with Crippen LogP contribution in [0.25, 0.3) is 0 Å². The van der Waals surface area contributed by atoms with Crippen LogP contribution in [-0.2, 0) is 16.0 Å². The van der Waals surface area contributed by atoms with Gasteiger partial charge in [-0.05, 0) is 17.7 Å². The third-order valence-corrected chi connectivity index (χ3v) is 3.54. The van der Waals surface area contributed by atoms with E-state index in [9.17, 15) is 27.2 Å². The minimum absolute atomic E-state index is 0.0577. The van der Waals surface area contributed by atoms with Gasteiger partial charge in [-0.15, -0.1) is 0 Å². The smallest absolute Gasteiger partial charge is 0.379 e. The van der Waals surface area contributed by atoms with Crippen LogP contribution >= 0.6 is 0 Å². The first-order valence-corrected chi connectivity index (χ1v) is 7.90. The second-order valence-electron chi connectivity index (χ2n) is 5.57. The Morgan fingerprint density at radius 3 is 2.26 bits per heavy atom. The zero-order chi connectivity index (χ0) is 19.9. The maximum absolute atomic E-state index is 13.7. The van der Waals surface area contributed by atoms with E-state index in [2.05, 4.69) is 10.6 Å².